The van der Waals surface area contributed by atoms with Crippen molar-refractivity contribution in [3.05, 3.63) is 0 Å². The third-order valence-electron chi connectivity index (χ3n) is 2.89. The lowest BCUT2D eigenvalue weighted by Gasteiger charge is -2.31. The second-order valence-electron chi connectivity index (χ2n) is 4.39. The second-order valence-corrected chi connectivity index (χ2v) is 4.39. The van der Waals surface area contributed by atoms with E-state index < -0.39 is 0 Å². The molecule has 3 nitrogen and oxygen atoms in total. The molecule has 0 aromatic rings. The van der Waals surface area contributed by atoms with E-state index in [4.69, 9.17) is 4.74 Å². The quantitative estimate of drug-likeness (QED) is 0.654. The smallest absolute Gasteiger partial charge is 0.222 e. The van der Waals surface area contributed by atoms with Crippen molar-refractivity contribution in [3.8, 4) is 0 Å². The van der Waals surface area contributed by atoms with Crippen molar-refractivity contribution in [2.24, 2.45) is 5.92 Å². The van der Waals surface area contributed by atoms with Crippen LogP contribution in [0.15, 0.2) is 0 Å². The van der Waals surface area contributed by atoms with Crippen LogP contribution in [0, 0.1) is 5.92 Å². The van der Waals surface area contributed by atoms with Crippen LogP contribution in [-0.2, 0) is 9.53 Å². The predicted octanol–water partition coefficient (Wildman–Crippen LogP) is 2.06. The fourth-order valence-electron chi connectivity index (χ4n) is 2.04. The Balaban J connectivity index is 2.15. The highest BCUT2D eigenvalue weighted by molar-refractivity contribution is 5.76. The van der Waals surface area contributed by atoms with Crippen LogP contribution in [-0.4, -0.2) is 37.1 Å². The molecule has 1 heterocycles. The normalized spacial score (nSPS) is 21.7. The Labute approximate surface area is 92.8 Å². The van der Waals surface area contributed by atoms with Gasteiger partial charge in [-0.05, 0) is 32.1 Å². The van der Waals surface area contributed by atoms with Crippen molar-refractivity contribution >= 4 is 5.91 Å². The van der Waals surface area contributed by atoms with Gasteiger partial charge < -0.3 is 9.64 Å². The number of piperidine rings is 1. The zero-order valence-electron chi connectivity index (χ0n) is 10.00. The largest absolute Gasteiger partial charge is 0.382 e. The summed E-state index contributed by atoms with van der Waals surface area (Å²) in [6.07, 6.45) is 3.94. The minimum atomic E-state index is 0.307. The number of hydrogen-bond acceptors (Lipinski definition) is 2. The summed E-state index contributed by atoms with van der Waals surface area (Å²) >= 11 is 0. The molecule has 0 aromatic heterocycles. The number of carbonyl (C=O) groups is 1. The standard InChI is InChI=1S/C12H23NO2/c1-3-15-9-5-7-12(14)13-8-4-6-11(2)10-13/h11H,3-10H2,1-2H3. The molecule has 0 aliphatic carbocycles. The van der Waals surface area contributed by atoms with E-state index in [0.717, 1.165) is 26.1 Å². The molecule has 1 amide bonds. The molecular formula is C12H23NO2. The number of ether oxygens (including phenoxy) is 1. The summed E-state index contributed by atoms with van der Waals surface area (Å²) in [7, 11) is 0. The average Bonchev–Trinajstić information content (AvgIpc) is 2.24. The van der Waals surface area contributed by atoms with Crippen LogP contribution in [0.5, 0.6) is 0 Å². The molecule has 3 heteroatoms. The lowest BCUT2D eigenvalue weighted by Crippen LogP contribution is -2.39. The highest BCUT2D eigenvalue weighted by Gasteiger charge is 2.19. The van der Waals surface area contributed by atoms with Gasteiger partial charge in [-0.2, -0.15) is 0 Å². The number of nitrogens with zero attached hydrogens (tertiary/aromatic N) is 1. The fraction of sp³-hybridized carbons (Fsp3) is 0.917. The van der Waals surface area contributed by atoms with E-state index >= 15 is 0 Å². The Kier molecular flexibility index (Phi) is 5.69. The summed E-state index contributed by atoms with van der Waals surface area (Å²) in [5.74, 6) is 0.982. The van der Waals surface area contributed by atoms with Gasteiger partial charge in [0.2, 0.25) is 5.91 Å². The molecule has 0 N–H and O–H groups in total. The number of rotatable bonds is 5. The molecule has 1 aliphatic heterocycles. The molecule has 0 aromatic carbocycles. The van der Waals surface area contributed by atoms with Crippen molar-refractivity contribution in [3.63, 3.8) is 0 Å². The lowest BCUT2D eigenvalue weighted by molar-refractivity contribution is -0.133. The Morgan fingerprint density at radius 2 is 2.33 bits per heavy atom. The summed E-state index contributed by atoms with van der Waals surface area (Å²) in [6, 6.07) is 0. The predicted molar refractivity (Wildman–Crippen MR) is 60.7 cm³/mol. The number of amides is 1. The Hall–Kier alpha value is -0.570. The van der Waals surface area contributed by atoms with Crippen molar-refractivity contribution in [1.29, 1.82) is 0 Å². The lowest BCUT2D eigenvalue weighted by atomic mass is 10.00. The van der Waals surface area contributed by atoms with Crippen LogP contribution < -0.4 is 0 Å². The van der Waals surface area contributed by atoms with Crippen LogP contribution >= 0.6 is 0 Å². The minimum absolute atomic E-state index is 0.307. The van der Waals surface area contributed by atoms with Gasteiger partial charge in [-0.25, -0.2) is 0 Å². The molecule has 1 unspecified atom stereocenters. The minimum Gasteiger partial charge on any atom is -0.382 e. The van der Waals surface area contributed by atoms with Gasteiger partial charge in [-0.3, -0.25) is 4.79 Å². The number of carbonyl (C=O) groups excluding carboxylic acids is 1. The van der Waals surface area contributed by atoms with Gasteiger partial charge in [0.25, 0.3) is 0 Å². The van der Waals surface area contributed by atoms with Gasteiger partial charge in [-0.15, -0.1) is 0 Å². The highest BCUT2D eigenvalue weighted by atomic mass is 16.5. The van der Waals surface area contributed by atoms with E-state index in [9.17, 15) is 4.79 Å². The first-order valence-electron chi connectivity index (χ1n) is 6.09. The van der Waals surface area contributed by atoms with Crippen molar-refractivity contribution in [2.45, 2.75) is 39.5 Å². The average molecular weight is 213 g/mol. The van der Waals surface area contributed by atoms with Crippen molar-refractivity contribution < 1.29 is 9.53 Å². The van der Waals surface area contributed by atoms with Gasteiger partial charge >= 0.3 is 0 Å². The summed E-state index contributed by atoms with van der Waals surface area (Å²) < 4.78 is 5.22. The Bertz CT molecular complexity index is 194. The van der Waals surface area contributed by atoms with Crippen LogP contribution in [0.25, 0.3) is 0 Å². The second kappa shape index (κ2) is 6.83. The molecule has 0 saturated carbocycles. The van der Waals surface area contributed by atoms with Gasteiger partial charge in [0.1, 0.15) is 0 Å². The maximum Gasteiger partial charge on any atom is 0.222 e. The molecule has 1 atom stereocenters. The van der Waals surface area contributed by atoms with Crippen LogP contribution in [0.1, 0.15) is 39.5 Å². The molecule has 1 rings (SSSR count). The summed E-state index contributed by atoms with van der Waals surface area (Å²) in [5, 5.41) is 0. The summed E-state index contributed by atoms with van der Waals surface area (Å²) in [5.41, 5.74) is 0. The molecule has 88 valence electrons. The zero-order valence-corrected chi connectivity index (χ0v) is 10.00. The van der Waals surface area contributed by atoms with Crippen LogP contribution in [0.3, 0.4) is 0 Å². The monoisotopic (exact) mass is 213 g/mol. The first-order chi connectivity index (χ1) is 7.24. The molecule has 0 radical (unpaired) electrons. The molecular weight excluding hydrogens is 190 g/mol. The third-order valence-corrected chi connectivity index (χ3v) is 2.89. The van der Waals surface area contributed by atoms with Gasteiger partial charge in [0.15, 0.2) is 0 Å². The van der Waals surface area contributed by atoms with E-state index in [-0.39, 0.29) is 0 Å². The van der Waals surface area contributed by atoms with Gasteiger partial charge in [0.05, 0.1) is 0 Å². The summed E-state index contributed by atoms with van der Waals surface area (Å²) in [6.45, 7) is 7.57. The van der Waals surface area contributed by atoms with Crippen molar-refractivity contribution in [1.82, 2.24) is 4.90 Å². The third kappa shape index (κ3) is 4.65. The first-order valence-corrected chi connectivity index (χ1v) is 6.09. The van der Waals surface area contributed by atoms with Crippen LogP contribution in [0.4, 0.5) is 0 Å². The maximum atomic E-state index is 11.8. The Morgan fingerprint density at radius 1 is 1.53 bits per heavy atom. The molecule has 1 saturated heterocycles. The number of likely N-dealkylation sites (tertiary alicyclic amines) is 1. The summed E-state index contributed by atoms with van der Waals surface area (Å²) in [4.78, 5) is 13.8. The molecule has 15 heavy (non-hydrogen) atoms. The van der Waals surface area contributed by atoms with E-state index in [1.54, 1.807) is 0 Å². The van der Waals surface area contributed by atoms with Crippen LogP contribution in [0.2, 0.25) is 0 Å². The Morgan fingerprint density at radius 3 is 3.00 bits per heavy atom. The number of hydrogen-bond donors (Lipinski definition) is 0. The van der Waals surface area contributed by atoms with E-state index in [0.29, 0.717) is 24.9 Å². The molecule has 1 fully saturated rings. The van der Waals surface area contributed by atoms with E-state index in [2.05, 4.69) is 6.92 Å². The molecule has 0 bridgehead atoms. The SMILES string of the molecule is CCOCCCC(=O)N1CCCC(C)C1. The topological polar surface area (TPSA) is 29.5 Å². The molecule has 1 aliphatic rings. The zero-order chi connectivity index (χ0) is 11.1. The highest BCUT2D eigenvalue weighted by Crippen LogP contribution is 2.16. The fourth-order valence-corrected chi connectivity index (χ4v) is 2.04. The van der Waals surface area contributed by atoms with Gasteiger partial charge in [-0.1, -0.05) is 6.92 Å². The van der Waals surface area contributed by atoms with E-state index in [1.165, 1.54) is 12.8 Å². The van der Waals surface area contributed by atoms with Crippen molar-refractivity contribution in [2.75, 3.05) is 26.3 Å². The molecule has 0 spiro atoms. The van der Waals surface area contributed by atoms with Gasteiger partial charge in [0, 0.05) is 32.7 Å². The van der Waals surface area contributed by atoms with E-state index in [1.807, 2.05) is 11.8 Å². The first kappa shape index (κ1) is 12.5. The maximum absolute atomic E-state index is 11.8.